The lowest BCUT2D eigenvalue weighted by Crippen LogP contribution is -2.15. The van der Waals surface area contributed by atoms with Gasteiger partial charge in [0.25, 0.3) is 0 Å². The molecule has 0 fully saturated rings. The molecule has 0 aliphatic carbocycles. The second kappa shape index (κ2) is 5.97. The Hall–Kier alpha value is -1.34. The lowest BCUT2D eigenvalue weighted by Gasteiger charge is -2.25. The monoisotopic (exact) mass is 290 g/mol. The zero-order valence-electron chi connectivity index (χ0n) is 12.2. The molecule has 2 aromatic rings. The Morgan fingerprint density at radius 1 is 1.00 bits per heavy atom. The van der Waals surface area contributed by atoms with Gasteiger partial charge >= 0.3 is 0 Å². The molecule has 2 rings (SSSR count). The Bertz CT molecular complexity index is 567. The zero-order chi connectivity index (χ0) is 14.8. The summed E-state index contributed by atoms with van der Waals surface area (Å²) in [5.74, 6) is -0.213. The van der Waals surface area contributed by atoms with Crippen LogP contribution in [-0.4, -0.2) is 0 Å². The highest BCUT2D eigenvalue weighted by Gasteiger charge is 2.21. The molecule has 0 aliphatic rings. The van der Waals surface area contributed by atoms with E-state index in [2.05, 4.69) is 32.9 Å². The van der Waals surface area contributed by atoms with Crippen LogP contribution in [0.15, 0.2) is 48.5 Å². The van der Waals surface area contributed by atoms with Gasteiger partial charge in [-0.05, 0) is 40.7 Å². The molecule has 0 aromatic heterocycles. The molecule has 0 saturated heterocycles. The Labute approximate surface area is 125 Å². The molecule has 20 heavy (non-hydrogen) atoms. The molecule has 1 atom stereocenters. The summed E-state index contributed by atoms with van der Waals surface area (Å²) in [7, 11) is 0. The number of halogens is 2. The average molecular weight is 291 g/mol. The van der Waals surface area contributed by atoms with E-state index in [4.69, 9.17) is 11.6 Å². The molecule has 0 amide bonds. The van der Waals surface area contributed by atoms with Gasteiger partial charge in [-0.3, -0.25) is 0 Å². The topological polar surface area (TPSA) is 0 Å². The van der Waals surface area contributed by atoms with E-state index < -0.39 is 0 Å². The van der Waals surface area contributed by atoms with Gasteiger partial charge in [-0.25, -0.2) is 4.39 Å². The first-order valence-corrected chi connectivity index (χ1v) is 7.29. The highest BCUT2D eigenvalue weighted by atomic mass is 35.5. The van der Waals surface area contributed by atoms with Crippen LogP contribution in [0.2, 0.25) is 0 Å². The largest absolute Gasteiger partial charge is 0.207 e. The summed E-state index contributed by atoms with van der Waals surface area (Å²) < 4.78 is 12.9. The number of alkyl halides is 1. The minimum atomic E-state index is -0.213. The van der Waals surface area contributed by atoms with Crippen molar-refractivity contribution in [2.75, 3.05) is 0 Å². The van der Waals surface area contributed by atoms with Gasteiger partial charge in [-0.15, -0.1) is 11.6 Å². The maximum atomic E-state index is 12.9. The van der Waals surface area contributed by atoms with Crippen LogP contribution < -0.4 is 0 Å². The van der Waals surface area contributed by atoms with E-state index in [-0.39, 0.29) is 16.6 Å². The van der Waals surface area contributed by atoms with Crippen LogP contribution in [0.1, 0.15) is 42.8 Å². The minimum absolute atomic E-state index is 0.0620. The zero-order valence-corrected chi connectivity index (χ0v) is 12.9. The molecule has 0 spiro atoms. The maximum absolute atomic E-state index is 12.9. The first-order chi connectivity index (χ1) is 9.38. The Morgan fingerprint density at radius 2 is 1.60 bits per heavy atom. The van der Waals surface area contributed by atoms with Crippen molar-refractivity contribution in [3.05, 3.63) is 71.0 Å². The van der Waals surface area contributed by atoms with Gasteiger partial charge in [-0.1, -0.05) is 57.2 Å². The third-order valence-corrected chi connectivity index (χ3v) is 3.82. The average Bonchev–Trinajstić information content (AvgIpc) is 2.40. The summed E-state index contributed by atoms with van der Waals surface area (Å²) in [6.07, 6.45) is 0.703. The van der Waals surface area contributed by atoms with Gasteiger partial charge in [0.15, 0.2) is 0 Å². The predicted octanol–water partition coefficient (Wildman–Crippen LogP) is 5.65. The second-order valence-corrected chi connectivity index (χ2v) is 6.66. The fraction of sp³-hybridized carbons (Fsp3) is 0.333. The van der Waals surface area contributed by atoms with Crippen molar-refractivity contribution in [3.63, 3.8) is 0 Å². The Balaban J connectivity index is 2.25. The van der Waals surface area contributed by atoms with Gasteiger partial charge in [0.2, 0.25) is 0 Å². The molecule has 0 aliphatic heterocycles. The van der Waals surface area contributed by atoms with Crippen molar-refractivity contribution in [1.82, 2.24) is 0 Å². The Kier molecular flexibility index (Phi) is 4.49. The molecule has 106 valence electrons. The molecule has 0 heterocycles. The normalized spacial score (nSPS) is 13.2. The van der Waals surface area contributed by atoms with E-state index in [0.717, 1.165) is 11.1 Å². The summed E-state index contributed by atoms with van der Waals surface area (Å²) in [5, 5.41) is -0.101. The van der Waals surface area contributed by atoms with Crippen molar-refractivity contribution in [3.8, 4) is 0 Å². The summed E-state index contributed by atoms with van der Waals surface area (Å²) >= 11 is 6.60. The first kappa shape index (κ1) is 15.1. The molecule has 2 aromatic carbocycles. The number of hydrogen-bond donors (Lipinski definition) is 0. The van der Waals surface area contributed by atoms with Gasteiger partial charge < -0.3 is 0 Å². The molecule has 1 unspecified atom stereocenters. The van der Waals surface area contributed by atoms with E-state index in [9.17, 15) is 4.39 Å². The lowest BCUT2D eigenvalue weighted by molar-refractivity contribution is 0.580. The van der Waals surface area contributed by atoms with Crippen molar-refractivity contribution < 1.29 is 4.39 Å². The first-order valence-electron chi connectivity index (χ1n) is 6.86. The summed E-state index contributed by atoms with van der Waals surface area (Å²) in [6, 6.07) is 14.8. The van der Waals surface area contributed by atoms with Crippen LogP contribution >= 0.6 is 11.6 Å². The van der Waals surface area contributed by atoms with Crippen LogP contribution in [0.5, 0.6) is 0 Å². The number of hydrogen-bond acceptors (Lipinski definition) is 0. The van der Waals surface area contributed by atoms with Gasteiger partial charge in [0.1, 0.15) is 5.82 Å². The highest BCUT2D eigenvalue weighted by molar-refractivity contribution is 6.21. The smallest absolute Gasteiger partial charge is 0.123 e. The van der Waals surface area contributed by atoms with E-state index in [1.165, 1.54) is 17.7 Å². The third kappa shape index (κ3) is 3.61. The summed E-state index contributed by atoms with van der Waals surface area (Å²) in [5.41, 5.74) is 3.54. The quantitative estimate of drug-likeness (QED) is 0.641. The lowest BCUT2D eigenvalue weighted by atomic mass is 9.82. The van der Waals surface area contributed by atoms with Crippen LogP contribution in [-0.2, 0) is 11.8 Å². The third-order valence-electron chi connectivity index (χ3n) is 3.43. The molecular weight excluding hydrogens is 271 g/mol. The molecule has 0 nitrogen and oxygen atoms in total. The van der Waals surface area contributed by atoms with Crippen molar-refractivity contribution in [2.24, 2.45) is 0 Å². The van der Waals surface area contributed by atoms with Crippen LogP contribution in [0.25, 0.3) is 0 Å². The maximum Gasteiger partial charge on any atom is 0.123 e. The molecule has 0 radical (unpaired) electrons. The van der Waals surface area contributed by atoms with Crippen molar-refractivity contribution in [1.29, 1.82) is 0 Å². The van der Waals surface area contributed by atoms with Gasteiger partial charge in [0, 0.05) is 0 Å². The van der Waals surface area contributed by atoms with Crippen LogP contribution in [0, 0.1) is 5.82 Å². The molecule has 0 bridgehead atoms. The molecule has 0 N–H and O–H groups in total. The number of rotatable bonds is 3. The van der Waals surface area contributed by atoms with Gasteiger partial charge in [-0.2, -0.15) is 0 Å². The number of benzene rings is 2. The summed E-state index contributed by atoms with van der Waals surface area (Å²) in [6.45, 7) is 6.56. The van der Waals surface area contributed by atoms with E-state index >= 15 is 0 Å². The van der Waals surface area contributed by atoms with E-state index in [1.807, 2.05) is 12.1 Å². The van der Waals surface area contributed by atoms with Crippen molar-refractivity contribution in [2.45, 2.75) is 38.0 Å². The van der Waals surface area contributed by atoms with Crippen LogP contribution in [0.3, 0.4) is 0 Å². The van der Waals surface area contributed by atoms with Gasteiger partial charge in [0.05, 0.1) is 5.38 Å². The predicted molar refractivity (Wildman–Crippen MR) is 83.8 cm³/mol. The van der Waals surface area contributed by atoms with Crippen molar-refractivity contribution >= 4 is 11.6 Å². The molecule has 0 saturated carbocycles. The second-order valence-electron chi connectivity index (χ2n) is 6.14. The van der Waals surface area contributed by atoms with Crippen LogP contribution in [0.4, 0.5) is 4.39 Å². The summed E-state index contributed by atoms with van der Waals surface area (Å²) in [4.78, 5) is 0. The SMILES string of the molecule is CC(C)(C)c1ccccc1C(Cl)Cc1ccc(F)cc1. The molecular formula is C18H20ClF. The fourth-order valence-corrected chi connectivity index (χ4v) is 2.76. The molecule has 2 heteroatoms. The van der Waals surface area contributed by atoms with E-state index in [0.29, 0.717) is 6.42 Å². The standard InChI is InChI=1S/C18H20ClF/c1-18(2,3)16-7-5-4-6-15(16)17(19)12-13-8-10-14(20)11-9-13/h4-11,17H,12H2,1-3H3. The minimum Gasteiger partial charge on any atom is -0.207 e. The Morgan fingerprint density at radius 3 is 2.20 bits per heavy atom. The highest BCUT2D eigenvalue weighted by Crippen LogP contribution is 2.34. The fourth-order valence-electron chi connectivity index (χ4n) is 2.39. The van der Waals surface area contributed by atoms with E-state index in [1.54, 1.807) is 12.1 Å².